The van der Waals surface area contributed by atoms with Gasteiger partial charge in [-0.2, -0.15) is 0 Å². The molecule has 0 radical (unpaired) electrons. The first-order valence-electron chi connectivity index (χ1n) is 8.22. The largest absolute Gasteiger partial charge is 0.326 e. The van der Waals surface area contributed by atoms with Gasteiger partial charge >= 0.3 is 0 Å². The normalized spacial score (nSPS) is 11.8. The van der Waals surface area contributed by atoms with E-state index in [4.69, 9.17) is 0 Å². The van der Waals surface area contributed by atoms with Gasteiger partial charge in [-0.3, -0.25) is 9.78 Å². The van der Waals surface area contributed by atoms with Crippen molar-refractivity contribution in [1.29, 1.82) is 0 Å². The van der Waals surface area contributed by atoms with Gasteiger partial charge in [0.25, 0.3) is 0 Å². The van der Waals surface area contributed by atoms with Crippen LogP contribution in [-0.2, 0) is 4.79 Å². The molecule has 5 heteroatoms. The Morgan fingerprint density at radius 1 is 0.962 bits per heavy atom. The van der Waals surface area contributed by atoms with Gasteiger partial charge in [-0.15, -0.1) is 0 Å². The molecule has 0 aliphatic heterocycles. The number of carbonyl (C=O) groups is 1. The molecule has 0 saturated heterocycles. The van der Waals surface area contributed by atoms with Crippen molar-refractivity contribution in [2.45, 2.75) is 19.8 Å². The third-order valence-corrected chi connectivity index (χ3v) is 4.16. The van der Waals surface area contributed by atoms with Gasteiger partial charge in [0.1, 0.15) is 11.6 Å². The van der Waals surface area contributed by atoms with Crippen LogP contribution in [-0.4, -0.2) is 10.9 Å². The fraction of sp³-hybridized carbons (Fsp3) is 0.143. The number of aromatic nitrogens is 1. The Bertz CT molecular complexity index is 919. The molecule has 0 spiro atoms. The summed E-state index contributed by atoms with van der Waals surface area (Å²) in [6.07, 6.45) is 1.75. The maximum atomic E-state index is 13.3. The molecule has 0 aliphatic rings. The lowest BCUT2D eigenvalue weighted by atomic mass is 9.99. The number of rotatable bonds is 4. The molecule has 2 aromatic carbocycles. The number of benzene rings is 2. The van der Waals surface area contributed by atoms with Crippen LogP contribution in [0.5, 0.6) is 0 Å². The second-order valence-corrected chi connectivity index (χ2v) is 6.18. The summed E-state index contributed by atoms with van der Waals surface area (Å²) in [5.74, 6) is -2.40. The highest BCUT2D eigenvalue weighted by Gasteiger charge is 2.17. The van der Waals surface area contributed by atoms with Gasteiger partial charge in [0.15, 0.2) is 0 Å². The van der Waals surface area contributed by atoms with E-state index in [1.54, 1.807) is 25.3 Å². The number of nitrogens with zero attached hydrogens (tertiary/aromatic N) is 1. The molecule has 1 aromatic heterocycles. The molecule has 3 rings (SSSR count). The quantitative estimate of drug-likeness (QED) is 0.712. The van der Waals surface area contributed by atoms with E-state index in [0.717, 1.165) is 22.9 Å². The molecule has 132 valence electrons. The van der Waals surface area contributed by atoms with E-state index in [1.165, 1.54) is 12.1 Å². The van der Waals surface area contributed by atoms with Crippen molar-refractivity contribution in [3.8, 4) is 11.1 Å². The van der Waals surface area contributed by atoms with Gasteiger partial charge in [-0.05, 0) is 66.9 Å². The highest BCUT2D eigenvalue weighted by molar-refractivity contribution is 5.95. The Morgan fingerprint density at radius 2 is 1.62 bits per heavy atom. The number of amides is 1. The van der Waals surface area contributed by atoms with Gasteiger partial charge in [-0.25, -0.2) is 8.78 Å². The Kier molecular flexibility index (Phi) is 5.07. The van der Waals surface area contributed by atoms with Crippen LogP contribution in [0.2, 0.25) is 0 Å². The maximum Gasteiger partial charge on any atom is 0.231 e. The van der Waals surface area contributed by atoms with Crippen molar-refractivity contribution < 1.29 is 13.6 Å². The first-order chi connectivity index (χ1) is 12.4. The van der Waals surface area contributed by atoms with Crippen molar-refractivity contribution in [2.24, 2.45) is 0 Å². The van der Waals surface area contributed by atoms with E-state index in [2.05, 4.69) is 10.3 Å². The number of aryl methyl sites for hydroxylation is 1. The molecule has 26 heavy (non-hydrogen) atoms. The zero-order valence-electron chi connectivity index (χ0n) is 14.5. The number of carbonyl (C=O) groups excluding carboxylic acids is 1. The number of anilines is 1. The van der Waals surface area contributed by atoms with Crippen LogP contribution >= 0.6 is 0 Å². The van der Waals surface area contributed by atoms with Gasteiger partial charge in [-0.1, -0.05) is 12.1 Å². The van der Waals surface area contributed by atoms with E-state index in [1.807, 2.05) is 31.2 Å². The summed E-state index contributed by atoms with van der Waals surface area (Å²) >= 11 is 0. The Morgan fingerprint density at radius 3 is 2.23 bits per heavy atom. The highest BCUT2D eigenvalue weighted by Crippen LogP contribution is 2.23. The lowest BCUT2D eigenvalue weighted by Crippen LogP contribution is -2.19. The second-order valence-electron chi connectivity index (χ2n) is 6.18. The Labute approximate surface area is 150 Å². The van der Waals surface area contributed by atoms with Crippen molar-refractivity contribution in [3.63, 3.8) is 0 Å². The Hall–Kier alpha value is -3.08. The van der Waals surface area contributed by atoms with E-state index < -0.39 is 17.6 Å². The van der Waals surface area contributed by atoms with Crippen LogP contribution in [0.1, 0.15) is 24.1 Å². The zero-order valence-corrected chi connectivity index (χ0v) is 14.5. The minimum absolute atomic E-state index is 0.295. The van der Waals surface area contributed by atoms with Crippen LogP contribution in [0.25, 0.3) is 11.1 Å². The summed E-state index contributed by atoms with van der Waals surface area (Å²) in [7, 11) is 0. The van der Waals surface area contributed by atoms with Crippen LogP contribution in [0.15, 0.2) is 60.8 Å². The summed E-state index contributed by atoms with van der Waals surface area (Å²) in [5.41, 5.74) is 3.89. The van der Waals surface area contributed by atoms with Crippen LogP contribution < -0.4 is 5.32 Å². The molecule has 0 fully saturated rings. The van der Waals surface area contributed by atoms with Crippen molar-refractivity contribution >= 4 is 11.6 Å². The number of halogens is 2. The maximum absolute atomic E-state index is 13.3. The summed E-state index contributed by atoms with van der Waals surface area (Å²) in [4.78, 5) is 16.5. The van der Waals surface area contributed by atoms with Gasteiger partial charge in [0, 0.05) is 23.6 Å². The summed E-state index contributed by atoms with van der Waals surface area (Å²) < 4.78 is 26.7. The summed E-state index contributed by atoms with van der Waals surface area (Å²) in [6.45, 7) is 3.53. The number of pyridine rings is 1. The molecule has 0 aliphatic carbocycles. The molecule has 1 amide bonds. The Balaban J connectivity index is 1.73. The standard InChI is InChI=1S/C21H18F2N2O/c1-13-9-16(7-8-24-13)15-3-5-20(6-4-15)25-21(26)14(2)17-10-18(22)12-19(23)11-17/h3-12,14H,1-2H3,(H,25,26)/t14-/m0/s1. The van der Waals surface area contributed by atoms with Crippen LogP contribution in [0.3, 0.4) is 0 Å². The van der Waals surface area contributed by atoms with Crippen LogP contribution in [0, 0.1) is 18.6 Å². The third kappa shape index (κ3) is 4.11. The number of nitrogens with one attached hydrogen (secondary N) is 1. The predicted octanol–water partition coefficient (Wildman–Crippen LogP) is 5.08. The molecule has 0 bridgehead atoms. The highest BCUT2D eigenvalue weighted by atomic mass is 19.1. The average Bonchev–Trinajstić information content (AvgIpc) is 2.61. The molecule has 3 nitrogen and oxygen atoms in total. The van der Waals surface area contributed by atoms with E-state index >= 15 is 0 Å². The smallest absolute Gasteiger partial charge is 0.231 e. The summed E-state index contributed by atoms with van der Waals surface area (Å²) in [6, 6.07) is 14.4. The third-order valence-electron chi connectivity index (χ3n) is 4.16. The predicted molar refractivity (Wildman–Crippen MR) is 97.8 cm³/mol. The molecule has 3 aromatic rings. The van der Waals surface area contributed by atoms with Gasteiger partial charge in [0.2, 0.25) is 5.91 Å². The van der Waals surface area contributed by atoms with E-state index in [9.17, 15) is 13.6 Å². The van der Waals surface area contributed by atoms with Crippen molar-refractivity contribution in [3.05, 3.63) is 83.7 Å². The summed E-state index contributed by atoms with van der Waals surface area (Å²) in [5, 5.41) is 2.77. The lowest BCUT2D eigenvalue weighted by molar-refractivity contribution is -0.117. The average molecular weight is 352 g/mol. The first kappa shape index (κ1) is 17.7. The molecule has 1 heterocycles. The van der Waals surface area contributed by atoms with E-state index in [0.29, 0.717) is 11.3 Å². The molecule has 1 atom stereocenters. The molecular formula is C21H18F2N2O. The number of hydrogen-bond donors (Lipinski definition) is 1. The SMILES string of the molecule is Cc1cc(-c2ccc(NC(=O)[C@@H](C)c3cc(F)cc(F)c3)cc2)ccn1. The molecule has 0 unspecified atom stereocenters. The zero-order chi connectivity index (χ0) is 18.7. The minimum Gasteiger partial charge on any atom is -0.326 e. The lowest BCUT2D eigenvalue weighted by Gasteiger charge is -2.13. The van der Waals surface area contributed by atoms with Crippen molar-refractivity contribution in [2.75, 3.05) is 5.32 Å². The molecule has 0 saturated carbocycles. The fourth-order valence-electron chi connectivity index (χ4n) is 2.70. The van der Waals surface area contributed by atoms with Crippen LogP contribution in [0.4, 0.5) is 14.5 Å². The molecule has 1 N–H and O–H groups in total. The second kappa shape index (κ2) is 7.44. The van der Waals surface area contributed by atoms with Gasteiger partial charge < -0.3 is 5.32 Å². The van der Waals surface area contributed by atoms with Crippen molar-refractivity contribution in [1.82, 2.24) is 4.98 Å². The first-order valence-corrected chi connectivity index (χ1v) is 8.22. The molecular weight excluding hydrogens is 334 g/mol. The minimum atomic E-state index is -0.698. The monoisotopic (exact) mass is 352 g/mol. The number of hydrogen-bond acceptors (Lipinski definition) is 2. The van der Waals surface area contributed by atoms with Gasteiger partial charge in [0.05, 0.1) is 5.92 Å². The topological polar surface area (TPSA) is 42.0 Å². The fourth-order valence-corrected chi connectivity index (χ4v) is 2.70. The van der Waals surface area contributed by atoms with E-state index in [-0.39, 0.29) is 5.91 Å².